The minimum Gasteiger partial charge on any atom is -0.493 e. The molecule has 0 heterocycles. The summed E-state index contributed by atoms with van der Waals surface area (Å²) in [7, 11) is -1.08. The Morgan fingerprint density at radius 3 is 2.33 bits per heavy atom. The van der Waals surface area contributed by atoms with Crippen LogP contribution in [0.1, 0.15) is 6.92 Å². The first-order chi connectivity index (χ1) is 12.7. The topological polar surface area (TPSA) is 93.7 Å². The maximum atomic E-state index is 12.5. The SMILES string of the molecule is COc1ccc(NC(=O)[C@H](C)NS(=O)(=O)c2cc(Cl)ccc2Cl)cc1OC. The Kier molecular flexibility index (Phi) is 6.94. The molecule has 0 saturated heterocycles. The molecule has 0 aromatic heterocycles. The molecule has 0 saturated carbocycles. The average molecular weight is 433 g/mol. The van der Waals surface area contributed by atoms with Gasteiger partial charge in [-0.15, -0.1) is 0 Å². The van der Waals surface area contributed by atoms with E-state index in [2.05, 4.69) is 10.0 Å². The summed E-state index contributed by atoms with van der Waals surface area (Å²) in [5.41, 5.74) is 0.421. The van der Waals surface area contributed by atoms with E-state index in [1.807, 2.05) is 0 Å². The van der Waals surface area contributed by atoms with Gasteiger partial charge in [-0.25, -0.2) is 8.42 Å². The van der Waals surface area contributed by atoms with Crippen LogP contribution in [-0.4, -0.2) is 34.6 Å². The van der Waals surface area contributed by atoms with E-state index in [1.165, 1.54) is 39.3 Å². The number of anilines is 1. The van der Waals surface area contributed by atoms with E-state index in [4.69, 9.17) is 32.7 Å². The van der Waals surface area contributed by atoms with Gasteiger partial charge in [0.25, 0.3) is 0 Å². The highest BCUT2D eigenvalue weighted by Crippen LogP contribution is 2.30. The summed E-state index contributed by atoms with van der Waals surface area (Å²) in [5, 5.41) is 2.82. The first kappa shape index (κ1) is 21.3. The van der Waals surface area contributed by atoms with Crippen molar-refractivity contribution in [3.63, 3.8) is 0 Å². The van der Waals surface area contributed by atoms with Crippen molar-refractivity contribution in [3.8, 4) is 11.5 Å². The number of methoxy groups -OCH3 is 2. The molecule has 0 aliphatic heterocycles. The number of hydrogen-bond donors (Lipinski definition) is 2. The normalized spacial score (nSPS) is 12.3. The zero-order chi connectivity index (χ0) is 20.2. The molecule has 1 atom stereocenters. The van der Waals surface area contributed by atoms with E-state index in [1.54, 1.807) is 18.2 Å². The lowest BCUT2D eigenvalue weighted by atomic mass is 10.2. The van der Waals surface area contributed by atoms with Crippen molar-refractivity contribution in [1.82, 2.24) is 4.72 Å². The zero-order valence-corrected chi connectivity index (χ0v) is 17.1. The Morgan fingerprint density at radius 1 is 1.04 bits per heavy atom. The number of carbonyl (C=O) groups is 1. The first-order valence-corrected chi connectivity index (χ1v) is 9.92. The number of halogens is 2. The molecule has 1 amide bonds. The molecule has 0 bridgehead atoms. The fraction of sp³-hybridized carbons (Fsp3) is 0.235. The molecule has 2 aromatic rings. The Morgan fingerprint density at radius 2 is 1.70 bits per heavy atom. The van der Waals surface area contributed by atoms with Crippen LogP contribution in [0.4, 0.5) is 5.69 Å². The second kappa shape index (κ2) is 8.79. The zero-order valence-electron chi connectivity index (χ0n) is 14.7. The average Bonchev–Trinajstić information content (AvgIpc) is 2.63. The van der Waals surface area contributed by atoms with Crippen LogP contribution in [0.25, 0.3) is 0 Å². The van der Waals surface area contributed by atoms with Crippen molar-refractivity contribution in [2.45, 2.75) is 17.9 Å². The van der Waals surface area contributed by atoms with Crippen molar-refractivity contribution >= 4 is 44.8 Å². The molecule has 0 radical (unpaired) electrons. The van der Waals surface area contributed by atoms with Crippen LogP contribution in [0.15, 0.2) is 41.3 Å². The number of carbonyl (C=O) groups excluding carboxylic acids is 1. The van der Waals surface area contributed by atoms with Gasteiger partial charge in [-0.3, -0.25) is 4.79 Å². The molecule has 2 N–H and O–H groups in total. The molecule has 0 aliphatic carbocycles. The number of sulfonamides is 1. The predicted octanol–water partition coefficient (Wildman–Crippen LogP) is 3.32. The molecular formula is C17H18Cl2N2O5S. The number of rotatable bonds is 7. The fourth-order valence-electron chi connectivity index (χ4n) is 2.20. The summed E-state index contributed by atoms with van der Waals surface area (Å²) in [5.74, 6) is 0.359. The molecule has 0 fully saturated rings. The van der Waals surface area contributed by atoms with Crippen LogP contribution >= 0.6 is 23.2 Å². The lowest BCUT2D eigenvalue weighted by Gasteiger charge is -2.16. The number of benzene rings is 2. The van der Waals surface area contributed by atoms with E-state index in [0.717, 1.165) is 0 Å². The van der Waals surface area contributed by atoms with E-state index in [0.29, 0.717) is 17.2 Å². The Labute approximate surface area is 167 Å². The van der Waals surface area contributed by atoms with Gasteiger partial charge in [-0.1, -0.05) is 23.2 Å². The van der Waals surface area contributed by atoms with Gasteiger partial charge in [-0.2, -0.15) is 4.72 Å². The van der Waals surface area contributed by atoms with Gasteiger partial charge >= 0.3 is 0 Å². The maximum Gasteiger partial charge on any atom is 0.242 e. The molecule has 2 rings (SSSR count). The quantitative estimate of drug-likeness (QED) is 0.699. The monoisotopic (exact) mass is 432 g/mol. The molecule has 0 unspecified atom stereocenters. The number of nitrogens with one attached hydrogen (secondary N) is 2. The standard InChI is InChI=1S/C17H18Cl2N2O5S/c1-10(21-27(23,24)16-8-11(18)4-6-13(16)19)17(22)20-12-5-7-14(25-2)15(9-12)26-3/h4-10,21H,1-3H3,(H,20,22)/t10-/m0/s1. The minimum absolute atomic E-state index is 0.000557. The summed E-state index contributed by atoms with van der Waals surface area (Å²) in [4.78, 5) is 12.2. The predicted molar refractivity (Wildman–Crippen MR) is 104 cm³/mol. The minimum atomic E-state index is -4.05. The van der Waals surface area contributed by atoms with Crippen LogP contribution in [-0.2, 0) is 14.8 Å². The van der Waals surface area contributed by atoms with Crippen LogP contribution in [0.2, 0.25) is 10.0 Å². The smallest absolute Gasteiger partial charge is 0.242 e. The van der Waals surface area contributed by atoms with Crippen molar-refractivity contribution < 1.29 is 22.7 Å². The summed E-state index contributed by atoms with van der Waals surface area (Å²) in [6.45, 7) is 1.41. The van der Waals surface area contributed by atoms with E-state index >= 15 is 0 Å². The summed E-state index contributed by atoms with van der Waals surface area (Å²) < 4.78 is 37.5. The van der Waals surface area contributed by atoms with Crippen LogP contribution in [0, 0.1) is 0 Å². The van der Waals surface area contributed by atoms with Crippen LogP contribution < -0.4 is 19.5 Å². The van der Waals surface area contributed by atoms with Gasteiger partial charge in [0.2, 0.25) is 15.9 Å². The number of hydrogen-bond acceptors (Lipinski definition) is 5. The van der Waals surface area contributed by atoms with Crippen LogP contribution in [0.3, 0.4) is 0 Å². The van der Waals surface area contributed by atoms with Crippen molar-refractivity contribution in [2.75, 3.05) is 19.5 Å². The van der Waals surface area contributed by atoms with Crippen LogP contribution in [0.5, 0.6) is 11.5 Å². The van der Waals surface area contributed by atoms with Crippen molar-refractivity contribution in [3.05, 3.63) is 46.4 Å². The molecule has 2 aromatic carbocycles. The fourth-order valence-corrected chi connectivity index (χ4v) is 4.16. The highest BCUT2D eigenvalue weighted by atomic mass is 35.5. The largest absolute Gasteiger partial charge is 0.493 e. The van der Waals surface area contributed by atoms with E-state index in [-0.39, 0.29) is 14.9 Å². The van der Waals surface area contributed by atoms with Gasteiger partial charge in [-0.05, 0) is 37.3 Å². The highest BCUT2D eigenvalue weighted by Gasteiger charge is 2.24. The second-order valence-corrected chi connectivity index (χ2v) is 8.00. The van der Waals surface area contributed by atoms with Gasteiger partial charge < -0.3 is 14.8 Å². The third kappa shape index (κ3) is 5.26. The van der Waals surface area contributed by atoms with Gasteiger partial charge in [0.05, 0.1) is 25.3 Å². The summed E-state index contributed by atoms with van der Waals surface area (Å²) in [6.07, 6.45) is 0. The summed E-state index contributed by atoms with van der Waals surface area (Å²) >= 11 is 11.8. The van der Waals surface area contributed by atoms with E-state index in [9.17, 15) is 13.2 Å². The number of amides is 1. The molecule has 10 heteroatoms. The van der Waals surface area contributed by atoms with Gasteiger partial charge in [0.1, 0.15) is 4.90 Å². The molecule has 146 valence electrons. The van der Waals surface area contributed by atoms with E-state index < -0.39 is 22.0 Å². The lowest BCUT2D eigenvalue weighted by Crippen LogP contribution is -2.41. The second-order valence-electron chi connectivity index (χ2n) is 5.48. The van der Waals surface area contributed by atoms with Gasteiger partial charge in [0.15, 0.2) is 11.5 Å². The maximum absolute atomic E-state index is 12.5. The Bertz CT molecular complexity index is 950. The van der Waals surface area contributed by atoms with Crippen molar-refractivity contribution in [2.24, 2.45) is 0 Å². The highest BCUT2D eigenvalue weighted by molar-refractivity contribution is 7.89. The Balaban J connectivity index is 2.14. The summed E-state index contributed by atoms with van der Waals surface area (Å²) in [6, 6.07) is 7.77. The molecule has 7 nitrogen and oxygen atoms in total. The lowest BCUT2D eigenvalue weighted by molar-refractivity contribution is -0.117. The molecule has 27 heavy (non-hydrogen) atoms. The Hall–Kier alpha value is -2.00. The third-order valence-corrected chi connectivity index (χ3v) is 5.82. The first-order valence-electron chi connectivity index (χ1n) is 7.68. The van der Waals surface area contributed by atoms with Gasteiger partial charge in [0, 0.05) is 16.8 Å². The molecule has 0 spiro atoms. The number of ether oxygens (including phenoxy) is 2. The third-order valence-electron chi connectivity index (χ3n) is 3.56. The van der Waals surface area contributed by atoms with Crippen molar-refractivity contribution in [1.29, 1.82) is 0 Å². The molecular weight excluding hydrogens is 415 g/mol. The molecule has 0 aliphatic rings.